The van der Waals surface area contributed by atoms with Crippen LogP contribution in [-0.4, -0.2) is 87.1 Å². The van der Waals surface area contributed by atoms with Gasteiger partial charge in [0.1, 0.15) is 18.1 Å². The van der Waals surface area contributed by atoms with Gasteiger partial charge in [-0.1, -0.05) is 0 Å². The van der Waals surface area contributed by atoms with Gasteiger partial charge in [0, 0.05) is 30.6 Å². The molecular formula is C19H32N10O6S. The molecule has 0 fully saturated rings. The third-order valence-electron chi connectivity index (χ3n) is 4.74. The molecule has 36 heavy (non-hydrogen) atoms. The number of carbonyl (C=O) groups is 5. The number of carboxylic acid groups (broad SMARTS) is 1. The predicted octanol–water partition coefficient (Wildman–Crippen LogP) is -4.32. The number of nitrogens with zero attached hydrogens (tertiary/aromatic N) is 2. The average Bonchev–Trinajstić information content (AvgIpc) is 3.31. The molecule has 0 aromatic carbocycles. The van der Waals surface area contributed by atoms with Gasteiger partial charge in [0.15, 0.2) is 5.96 Å². The predicted molar refractivity (Wildman–Crippen MR) is 131 cm³/mol. The van der Waals surface area contributed by atoms with Crippen LogP contribution in [0.25, 0.3) is 0 Å². The summed E-state index contributed by atoms with van der Waals surface area (Å²) >= 11 is 3.91. The first kappa shape index (κ1) is 30.2. The summed E-state index contributed by atoms with van der Waals surface area (Å²) in [5.74, 6) is -4.90. The first-order chi connectivity index (χ1) is 16.9. The maximum Gasteiger partial charge on any atom is 0.326 e. The highest BCUT2D eigenvalue weighted by Gasteiger charge is 2.31. The quantitative estimate of drug-likeness (QED) is 0.0426. The number of carbonyl (C=O) groups excluding carboxylic acids is 4. The summed E-state index contributed by atoms with van der Waals surface area (Å²) in [6.07, 6.45) is 2.32. The zero-order valence-corrected chi connectivity index (χ0v) is 20.2. The van der Waals surface area contributed by atoms with Crippen molar-refractivity contribution in [3.63, 3.8) is 0 Å². The van der Waals surface area contributed by atoms with Gasteiger partial charge < -0.3 is 49.0 Å². The van der Waals surface area contributed by atoms with Crippen LogP contribution in [0.15, 0.2) is 17.5 Å². The summed E-state index contributed by atoms with van der Waals surface area (Å²) in [6.45, 7) is 0.122. The SMILES string of the molecule is NC(=O)CC(NC(=O)C(N)CS)C(=O)NC(CCCN=C(N)N)C(=O)NC(Cc1cnc[nH]1)C(=O)O. The number of thiol groups is 1. The molecule has 1 heterocycles. The summed E-state index contributed by atoms with van der Waals surface area (Å²) < 4.78 is 0. The highest BCUT2D eigenvalue weighted by molar-refractivity contribution is 7.80. The smallest absolute Gasteiger partial charge is 0.326 e. The van der Waals surface area contributed by atoms with Crippen LogP contribution in [-0.2, 0) is 30.4 Å². The van der Waals surface area contributed by atoms with Crippen LogP contribution in [0.5, 0.6) is 0 Å². The van der Waals surface area contributed by atoms with Crippen LogP contribution in [0.1, 0.15) is 25.0 Å². The Kier molecular flexibility index (Phi) is 12.7. The van der Waals surface area contributed by atoms with E-state index in [0.29, 0.717) is 5.69 Å². The van der Waals surface area contributed by atoms with Crippen molar-refractivity contribution in [3.8, 4) is 0 Å². The van der Waals surface area contributed by atoms with Crippen molar-refractivity contribution in [2.24, 2.45) is 27.9 Å². The zero-order valence-electron chi connectivity index (χ0n) is 19.3. The normalized spacial score (nSPS) is 13.9. The standard InChI is InChI=1S/C19H32N10O6S/c20-10(7-36)15(31)28-12(5-14(21)30)17(33)27-11(2-1-3-25-19(22)23)16(32)29-13(18(34)35)4-9-6-24-8-26-9/h6,8,10-13,36H,1-5,7,20H2,(H2,21,30)(H,24,26)(H,27,33)(H,28,31)(H,29,32)(H,34,35)(H4,22,23,25). The van der Waals surface area contributed by atoms with Gasteiger partial charge in [-0.3, -0.25) is 24.2 Å². The van der Waals surface area contributed by atoms with E-state index >= 15 is 0 Å². The van der Waals surface area contributed by atoms with Crippen LogP contribution in [0, 0.1) is 0 Å². The van der Waals surface area contributed by atoms with Crippen LogP contribution in [0.4, 0.5) is 0 Å². The van der Waals surface area contributed by atoms with Gasteiger partial charge >= 0.3 is 5.97 Å². The minimum absolute atomic E-state index is 0.00184. The number of aromatic nitrogens is 2. The van der Waals surface area contributed by atoms with Crippen molar-refractivity contribution in [1.82, 2.24) is 25.9 Å². The largest absolute Gasteiger partial charge is 0.480 e. The zero-order chi connectivity index (χ0) is 27.3. The molecule has 4 amide bonds. The minimum Gasteiger partial charge on any atom is -0.480 e. The summed E-state index contributed by atoms with van der Waals surface area (Å²) in [6, 6.07) is -5.10. The number of rotatable bonds is 16. The summed E-state index contributed by atoms with van der Waals surface area (Å²) in [7, 11) is 0. The molecule has 0 saturated carbocycles. The van der Waals surface area contributed by atoms with Crippen LogP contribution in [0.2, 0.25) is 0 Å². The Labute approximate surface area is 211 Å². The van der Waals surface area contributed by atoms with Gasteiger partial charge in [-0.2, -0.15) is 12.6 Å². The first-order valence-electron chi connectivity index (χ1n) is 10.8. The first-order valence-corrected chi connectivity index (χ1v) is 11.4. The number of amides is 4. The molecule has 0 aliphatic carbocycles. The molecule has 0 saturated heterocycles. The molecule has 0 bridgehead atoms. The van der Waals surface area contributed by atoms with Crippen LogP contribution < -0.4 is 38.9 Å². The molecule has 0 aliphatic heterocycles. The molecule has 4 unspecified atom stereocenters. The van der Waals surface area contributed by atoms with Gasteiger partial charge in [-0.25, -0.2) is 9.78 Å². The molecule has 0 spiro atoms. The molecule has 0 radical (unpaired) electrons. The fraction of sp³-hybridized carbons (Fsp3) is 0.526. The van der Waals surface area contributed by atoms with E-state index in [1.807, 2.05) is 0 Å². The number of nitrogens with two attached hydrogens (primary N) is 4. The van der Waals surface area contributed by atoms with E-state index in [1.165, 1.54) is 12.5 Å². The van der Waals surface area contributed by atoms with E-state index in [4.69, 9.17) is 22.9 Å². The second-order valence-corrected chi connectivity index (χ2v) is 8.08. The monoisotopic (exact) mass is 528 g/mol. The Hall–Kier alpha value is -3.86. The molecule has 13 N–H and O–H groups in total. The summed E-state index contributed by atoms with van der Waals surface area (Å²) in [5.41, 5.74) is 21.8. The highest BCUT2D eigenvalue weighted by atomic mass is 32.1. The van der Waals surface area contributed by atoms with Gasteiger partial charge in [0.05, 0.1) is 18.8 Å². The Morgan fingerprint density at radius 1 is 1.03 bits per heavy atom. The van der Waals surface area contributed by atoms with E-state index in [-0.39, 0.29) is 37.5 Å². The van der Waals surface area contributed by atoms with Crippen molar-refractivity contribution in [1.29, 1.82) is 0 Å². The molecule has 200 valence electrons. The molecule has 17 heteroatoms. The lowest BCUT2D eigenvalue weighted by atomic mass is 10.1. The van der Waals surface area contributed by atoms with Crippen LogP contribution in [0.3, 0.4) is 0 Å². The van der Waals surface area contributed by atoms with Gasteiger partial charge in [0.2, 0.25) is 23.6 Å². The van der Waals surface area contributed by atoms with Crippen molar-refractivity contribution in [2.75, 3.05) is 12.3 Å². The number of aliphatic imine (C=N–C) groups is 1. The maximum atomic E-state index is 13.0. The number of imidazole rings is 1. The number of hydrogen-bond acceptors (Lipinski definition) is 9. The van der Waals surface area contributed by atoms with Crippen molar-refractivity contribution in [3.05, 3.63) is 18.2 Å². The molecular weight excluding hydrogens is 496 g/mol. The van der Waals surface area contributed by atoms with E-state index < -0.39 is 60.2 Å². The second-order valence-electron chi connectivity index (χ2n) is 7.71. The minimum atomic E-state index is -1.44. The molecule has 0 aliphatic rings. The van der Waals surface area contributed by atoms with E-state index in [2.05, 4.69) is 43.5 Å². The van der Waals surface area contributed by atoms with Gasteiger partial charge in [0.25, 0.3) is 0 Å². The number of aromatic amines is 1. The number of carboxylic acids is 1. The summed E-state index contributed by atoms with van der Waals surface area (Å²) in [5, 5.41) is 16.6. The number of H-pyrrole nitrogens is 1. The third kappa shape index (κ3) is 11.0. The number of aliphatic carboxylic acids is 1. The molecule has 1 aromatic rings. The molecule has 1 aromatic heterocycles. The third-order valence-corrected chi connectivity index (χ3v) is 5.14. The lowest BCUT2D eigenvalue weighted by Gasteiger charge is -2.24. The van der Waals surface area contributed by atoms with Crippen molar-refractivity contribution >= 4 is 48.2 Å². The Morgan fingerprint density at radius 3 is 2.17 bits per heavy atom. The Balaban J connectivity index is 3.03. The summed E-state index contributed by atoms with van der Waals surface area (Å²) in [4.78, 5) is 71.5. The topological polar surface area (TPSA) is 287 Å². The average molecular weight is 529 g/mol. The number of guanidine groups is 1. The van der Waals surface area contributed by atoms with Gasteiger partial charge in [-0.05, 0) is 12.8 Å². The Morgan fingerprint density at radius 2 is 1.64 bits per heavy atom. The lowest BCUT2D eigenvalue weighted by Crippen LogP contribution is -2.58. The fourth-order valence-electron chi connectivity index (χ4n) is 2.91. The number of primary amides is 1. The van der Waals surface area contributed by atoms with Crippen molar-refractivity contribution in [2.45, 2.75) is 49.9 Å². The highest BCUT2D eigenvalue weighted by Crippen LogP contribution is 2.05. The Bertz CT molecular complexity index is 937. The number of hydrogen-bond donors (Lipinski definition) is 10. The lowest BCUT2D eigenvalue weighted by molar-refractivity contribution is -0.142. The fourth-order valence-corrected chi connectivity index (χ4v) is 3.07. The second kappa shape index (κ2) is 15.2. The van der Waals surface area contributed by atoms with Crippen molar-refractivity contribution < 1.29 is 29.1 Å². The molecule has 16 nitrogen and oxygen atoms in total. The maximum absolute atomic E-state index is 13.0. The van der Waals surface area contributed by atoms with E-state index in [0.717, 1.165) is 0 Å². The van der Waals surface area contributed by atoms with E-state index in [1.54, 1.807) is 0 Å². The van der Waals surface area contributed by atoms with Crippen LogP contribution >= 0.6 is 12.6 Å². The number of nitrogens with one attached hydrogen (secondary N) is 4. The van der Waals surface area contributed by atoms with Gasteiger partial charge in [-0.15, -0.1) is 0 Å². The van der Waals surface area contributed by atoms with E-state index in [9.17, 15) is 29.1 Å². The molecule has 1 rings (SSSR count). The molecule has 4 atom stereocenters.